The van der Waals surface area contributed by atoms with Crippen molar-refractivity contribution in [1.29, 1.82) is 0 Å². The van der Waals surface area contributed by atoms with Gasteiger partial charge in [0.2, 0.25) is 0 Å². The predicted octanol–water partition coefficient (Wildman–Crippen LogP) is 6.83. The molecule has 0 unspecified atom stereocenters. The normalized spacial score (nSPS) is 27.8. The van der Waals surface area contributed by atoms with Gasteiger partial charge in [-0.3, -0.25) is 0 Å². The Morgan fingerprint density at radius 1 is 0.667 bits per heavy atom. The van der Waals surface area contributed by atoms with Gasteiger partial charge in [0.05, 0.1) is 48.8 Å². The molecule has 0 radical (unpaired) electrons. The van der Waals surface area contributed by atoms with E-state index in [2.05, 4.69) is 6.92 Å². The summed E-state index contributed by atoms with van der Waals surface area (Å²) >= 11 is 0. The smallest absolute Gasteiger partial charge is 0.334 e. The molecule has 262 valence electrons. The first-order valence-corrected chi connectivity index (χ1v) is 18.7. The van der Waals surface area contributed by atoms with Crippen molar-refractivity contribution < 1.29 is 39.4 Å². The maximum Gasteiger partial charge on any atom is 0.334 e. The molecule has 3 rings (SSSR count). The summed E-state index contributed by atoms with van der Waals surface area (Å²) < 4.78 is 17.4. The van der Waals surface area contributed by atoms with Crippen LogP contribution in [-0.2, 0) is 19.0 Å². The second-order valence-electron chi connectivity index (χ2n) is 14.2. The van der Waals surface area contributed by atoms with Crippen LogP contribution in [0.15, 0.2) is 11.6 Å². The highest BCUT2D eigenvalue weighted by molar-refractivity contribution is 5.90. The summed E-state index contributed by atoms with van der Waals surface area (Å²) in [5, 5.41) is 42.3. The van der Waals surface area contributed by atoms with E-state index in [0.29, 0.717) is 25.7 Å². The lowest BCUT2D eigenvalue weighted by Crippen LogP contribution is -2.33. The van der Waals surface area contributed by atoms with E-state index < -0.39 is 18.3 Å². The SMILES string of the molecule is CCCCCC[C@@H](O)CCC[C@H](O)[C@H]1CC[C@H]([C@H](O)CC[C@@H](O)[C@H]2CC[C@@H](CCCCCCCCCC3=C[C@@H](C)OC3=O)O2)O1. The maximum absolute atomic E-state index is 11.7. The van der Waals surface area contributed by atoms with Gasteiger partial charge in [0.15, 0.2) is 0 Å². The second-order valence-corrected chi connectivity index (χ2v) is 14.2. The fraction of sp³-hybridized carbons (Fsp3) is 0.919. The van der Waals surface area contributed by atoms with Crippen LogP contribution in [0, 0.1) is 0 Å². The Kier molecular flexibility index (Phi) is 18.6. The van der Waals surface area contributed by atoms with Crippen molar-refractivity contribution in [2.45, 2.75) is 216 Å². The molecule has 0 amide bonds. The number of unbranched alkanes of at least 4 members (excludes halogenated alkanes) is 9. The first-order chi connectivity index (χ1) is 21.8. The third-order valence-electron chi connectivity index (χ3n) is 10.2. The zero-order chi connectivity index (χ0) is 32.4. The zero-order valence-electron chi connectivity index (χ0n) is 28.5. The van der Waals surface area contributed by atoms with Crippen LogP contribution in [0.25, 0.3) is 0 Å². The Morgan fingerprint density at radius 3 is 1.87 bits per heavy atom. The minimum atomic E-state index is -0.654. The molecule has 3 aliphatic rings. The summed E-state index contributed by atoms with van der Waals surface area (Å²) in [6.07, 6.45) is 21.2. The quantitative estimate of drug-likeness (QED) is 0.0634. The summed E-state index contributed by atoms with van der Waals surface area (Å²) in [5.74, 6) is -0.138. The van der Waals surface area contributed by atoms with Gasteiger partial charge in [0.25, 0.3) is 0 Å². The number of rotatable bonds is 25. The van der Waals surface area contributed by atoms with E-state index in [-0.39, 0.29) is 42.6 Å². The third-order valence-corrected chi connectivity index (χ3v) is 10.2. The molecule has 9 atom stereocenters. The molecule has 0 bridgehead atoms. The minimum Gasteiger partial charge on any atom is -0.455 e. The van der Waals surface area contributed by atoms with Crippen LogP contribution in [0.5, 0.6) is 0 Å². The van der Waals surface area contributed by atoms with E-state index >= 15 is 0 Å². The summed E-state index contributed by atoms with van der Waals surface area (Å²) in [4.78, 5) is 11.7. The Labute approximate surface area is 273 Å². The van der Waals surface area contributed by atoms with Gasteiger partial charge >= 0.3 is 5.97 Å². The van der Waals surface area contributed by atoms with Gasteiger partial charge in [-0.2, -0.15) is 0 Å². The largest absolute Gasteiger partial charge is 0.455 e. The summed E-state index contributed by atoms with van der Waals surface area (Å²) in [6.45, 7) is 4.09. The lowest BCUT2D eigenvalue weighted by molar-refractivity contribution is -0.139. The van der Waals surface area contributed by atoms with E-state index in [0.717, 1.165) is 82.6 Å². The van der Waals surface area contributed by atoms with Crippen molar-refractivity contribution in [2.75, 3.05) is 0 Å². The first-order valence-electron chi connectivity index (χ1n) is 18.7. The number of carbonyl (C=O) groups is 1. The van der Waals surface area contributed by atoms with Crippen molar-refractivity contribution in [3.8, 4) is 0 Å². The molecule has 3 heterocycles. The van der Waals surface area contributed by atoms with E-state index in [9.17, 15) is 25.2 Å². The number of hydrogen-bond donors (Lipinski definition) is 4. The van der Waals surface area contributed by atoms with Crippen molar-refractivity contribution in [3.63, 3.8) is 0 Å². The van der Waals surface area contributed by atoms with Crippen molar-refractivity contribution >= 4 is 5.97 Å². The Morgan fingerprint density at radius 2 is 1.22 bits per heavy atom. The number of aliphatic hydroxyl groups excluding tert-OH is 4. The summed E-state index contributed by atoms with van der Waals surface area (Å²) in [5.41, 5.74) is 0.846. The fourth-order valence-electron chi connectivity index (χ4n) is 7.28. The number of aliphatic hydroxyl groups is 4. The molecule has 2 saturated heterocycles. The molecule has 0 aromatic rings. The van der Waals surface area contributed by atoms with Gasteiger partial charge in [-0.25, -0.2) is 4.79 Å². The van der Waals surface area contributed by atoms with Gasteiger partial charge < -0.3 is 34.6 Å². The molecule has 0 aromatic carbocycles. The van der Waals surface area contributed by atoms with Crippen LogP contribution in [0.2, 0.25) is 0 Å². The highest BCUT2D eigenvalue weighted by Gasteiger charge is 2.36. The molecule has 0 saturated carbocycles. The second kappa shape index (κ2) is 21.8. The van der Waals surface area contributed by atoms with Crippen LogP contribution in [-0.4, -0.2) is 81.3 Å². The first kappa shape index (κ1) is 38.4. The number of carbonyl (C=O) groups excluding carboxylic acids is 1. The molecule has 0 spiro atoms. The topological polar surface area (TPSA) is 126 Å². The maximum atomic E-state index is 11.7. The van der Waals surface area contributed by atoms with Gasteiger partial charge in [-0.15, -0.1) is 0 Å². The summed E-state index contributed by atoms with van der Waals surface area (Å²) in [7, 11) is 0. The molecule has 2 fully saturated rings. The standard InChI is InChI=1S/C37H66O8/c1-3-4-5-12-16-29(38)17-14-19-31(39)35-24-25-36(45-35)33(41)22-21-32(40)34-23-20-30(44-34)18-13-10-8-6-7-9-11-15-28-26-27(2)43-37(28)42/h26-27,29-36,38-41H,3-25H2,1-2H3/t27-,29-,30-,31+,32-,33-,34-,35-,36-/m1/s1. The average Bonchev–Trinajstić information content (AvgIpc) is 3.77. The fourth-order valence-corrected chi connectivity index (χ4v) is 7.28. The van der Waals surface area contributed by atoms with Crippen LogP contribution >= 0.6 is 0 Å². The highest BCUT2D eigenvalue weighted by Crippen LogP contribution is 2.31. The lowest BCUT2D eigenvalue weighted by Gasteiger charge is -2.24. The van der Waals surface area contributed by atoms with E-state index in [1.54, 1.807) is 0 Å². The number of ether oxygens (including phenoxy) is 3. The predicted molar refractivity (Wildman–Crippen MR) is 177 cm³/mol. The molecule has 8 nitrogen and oxygen atoms in total. The van der Waals surface area contributed by atoms with Crippen molar-refractivity contribution in [1.82, 2.24) is 0 Å². The molecule has 4 N–H and O–H groups in total. The Bertz CT molecular complexity index is 833. The molecule has 8 heteroatoms. The molecular weight excluding hydrogens is 572 g/mol. The van der Waals surface area contributed by atoms with Crippen LogP contribution in [0.1, 0.15) is 162 Å². The number of esters is 1. The molecule has 0 aromatic heterocycles. The summed E-state index contributed by atoms with van der Waals surface area (Å²) in [6, 6.07) is 0. The monoisotopic (exact) mass is 638 g/mol. The Hall–Kier alpha value is -1.03. The lowest BCUT2D eigenvalue weighted by atomic mass is 9.98. The number of hydrogen-bond acceptors (Lipinski definition) is 8. The zero-order valence-corrected chi connectivity index (χ0v) is 28.5. The highest BCUT2D eigenvalue weighted by atomic mass is 16.5. The average molecular weight is 639 g/mol. The van der Waals surface area contributed by atoms with Crippen molar-refractivity contribution in [2.24, 2.45) is 0 Å². The third kappa shape index (κ3) is 14.7. The van der Waals surface area contributed by atoms with E-state index in [1.807, 2.05) is 13.0 Å². The van der Waals surface area contributed by atoms with Crippen molar-refractivity contribution in [3.05, 3.63) is 11.6 Å². The Balaban J connectivity index is 1.16. The van der Waals surface area contributed by atoms with Gasteiger partial charge in [0.1, 0.15) is 6.10 Å². The number of cyclic esters (lactones) is 1. The van der Waals surface area contributed by atoms with Gasteiger partial charge in [0, 0.05) is 5.57 Å². The van der Waals surface area contributed by atoms with Crippen LogP contribution in [0.4, 0.5) is 0 Å². The van der Waals surface area contributed by atoms with Crippen LogP contribution in [0.3, 0.4) is 0 Å². The van der Waals surface area contributed by atoms with Gasteiger partial charge in [-0.1, -0.05) is 71.1 Å². The van der Waals surface area contributed by atoms with E-state index in [4.69, 9.17) is 14.2 Å². The minimum absolute atomic E-state index is 0.0675. The molecule has 3 aliphatic heterocycles. The molecule has 0 aliphatic carbocycles. The molecular formula is C37H66O8. The molecule has 45 heavy (non-hydrogen) atoms. The van der Waals surface area contributed by atoms with Crippen LogP contribution < -0.4 is 0 Å². The van der Waals surface area contributed by atoms with Gasteiger partial charge in [-0.05, 0) is 96.5 Å². The van der Waals surface area contributed by atoms with E-state index in [1.165, 1.54) is 44.9 Å².